The lowest BCUT2D eigenvalue weighted by Crippen LogP contribution is -2.36. The molecule has 3 rings (SSSR count). The van der Waals surface area contributed by atoms with Crippen molar-refractivity contribution < 1.29 is 14.3 Å². The van der Waals surface area contributed by atoms with Crippen molar-refractivity contribution in [2.24, 2.45) is 0 Å². The van der Waals surface area contributed by atoms with Gasteiger partial charge in [-0.15, -0.1) is 0 Å². The minimum Gasteiger partial charge on any atom is -0.469 e. The minimum atomic E-state index is -1.77. The molecule has 0 saturated heterocycles. The fourth-order valence-electron chi connectivity index (χ4n) is 3.54. The Labute approximate surface area is 161 Å². The van der Waals surface area contributed by atoms with Gasteiger partial charge in [0.15, 0.2) is 0 Å². The van der Waals surface area contributed by atoms with Crippen LogP contribution in [0.2, 0.25) is 19.6 Å². The summed E-state index contributed by atoms with van der Waals surface area (Å²) in [5, 5.41) is 3.06. The van der Waals surface area contributed by atoms with Crippen LogP contribution in [0.4, 0.5) is 0 Å². The summed E-state index contributed by atoms with van der Waals surface area (Å²) >= 11 is 0. The second-order valence-corrected chi connectivity index (χ2v) is 12.8. The van der Waals surface area contributed by atoms with Gasteiger partial charge in [-0.05, 0) is 31.0 Å². The number of nitrogens with zero attached hydrogens (tertiary/aromatic N) is 2. The number of ether oxygens (including phenoxy) is 1. The summed E-state index contributed by atoms with van der Waals surface area (Å²) in [7, 11) is -0.349. The molecule has 0 N–H and O–H groups in total. The quantitative estimate of drug-likeness (QED) is 0.555. The number of amides is 1. The van der Waals surface area contributed by atoms with Crippen LogP contribution in [0.5, 0.6) is 0 Å². The average molecular weight is 383 g/mol. The van der Waals surface area contributed by atoms with Crippen LogP contribution in [0.15, 0.2) is 54.0 Å². The Morgan fingerprint density at radius 1 is 1.00 bits per heavy atom. The lowest BCUT2D eigenvalue weighted by Gasteiger charge is -2.29. The number of aromatic nitrogens is 1. The Balaban J connectivity index is 2.12. The summed E-state index contributed by atoms with van der Waals surface area (Å²) in [6.45, 7) is 6.85. The van der Waals surface area contributed by atoms with E-state index < -0.39 is 8.07 Å². The predicted octanol–water partition coefficient (Wildman–Crippen LogP) is 4.21. The first kappa shape index (κ1) is 19.2. The highest BCUT2D eigenvalue weighted by Crippen LogP contribution is 2.38. The summed E-state index contributed by atoms with van der Waals surface area (Å²) in [6, 6.07) is 11.6. The topological polar surface area (TPSA) is 51.5 Å². The summed E-state index contributed by atoms with van der Waals surface area (Å²) in [5.41, 5.74) is 2.69. The smallest absolute Gasteiger partial charge is 0.305 e. The average Bonchev–Trinajstić information content (AvgIpc) is 3.24. The van der Waals surface area contributed by atoms with E-state index in [1.807, 2.05) is 53.5 Å². The molecule has 1 aliphatic heterocycles. The van der Waals surface area contributed by atoms with E-state index in [0.29, 0.717) is 12.8 Å². The van der Waals surface area contributed by atoms with Crippen LogP contribution in [-0.2, 0) is 9.53 Å². The highest BCUT2D eigenvalue weighted by molar-refractivity contribution is 6.84. The van der Waals surface area contributed by atoms with E-state index in [1.54, 1.807) is 5.01 Å². The first-order valence-electron chi connectivity index (χ1n) is 9.22. The van der Waals surface area contributed by atoms with E-state index in [-0.39, 0.29) is 11.9 Å². The second-order valence-electron chi connectivity index (χ2n) is 7.73. The lowest BCUT2D eigenvalue weighted by molar-refractivity contribution is -0.140. The zero-order valence-corrected chi connectivity index (χ0v) is 17.4. The van der Waals surface area contributed by atoms with E-state index in [2.05, 4.69) is 19.6 Å². The molecule has 1 aliphatic rings. The van der Waals surface area contributed by atoms with Gasteiger partial charge in [-0.3, -0.25) is 14.3 Å². The van der Waals surface area contributed by atoms with Crippen LogP contribution in [0.25, 0.3) is 5.70 Å². The predicted molar refractivity (Wildman–Crippen MR) is 110 cm³/mol. The maximum atomic E-state index is 13.2. The van der Waals surface area contributed by atoms with Crippen LogP contribution >= 0.6 is 0 Å². The van der Waals surface area contributed by atoms with Gasteiger partial charge in [0.05, 0.1) is 26.4 Å². The van der Waals surface area contributed by atoms with Gasteiger partial charge in [-0.1, -0.05) is 43.0 Å². The van der Waals surface area contributed by atoms with Crippen molar-refractivity contribution >= 4 is 25.6 Å². The fraction of sp³-hybridized carbons (Fsp3) is 0.333. The zero-order valence-electron chi connectivity index (χ0n) is 16.4. The molecular weight excluding hydrogens is 356 g/mol. The van der Waals surface area contributed by atoms with Gasteiger partial charge in [0.2, 0.25) is 0 Å². The van der Waals surface area contributed by atoms with E-state index >= 15 is 0 Å². The standard InChI is InChI=1S/C21H26N2O3Si/c1-26-19(24)13-9-12-18(27(2,3)4)20-16-10-5-6-11-17(16)21(25)23(20)22-14-7-8-15-22/h5-8,10-11,14-15H,9,12-13H2,1-4H3/b20-18+. The number of fused-ring (bicyclic) bond motifs is 1. The van der Waals surface area contributed by atoms with Crippen molar-refractivity contribution in [3.05, 3.63) is 65.1 Å². The van der Waals surface area contributed by atoms with E-state index in [1.165, 1.54) is 12.3 Å². The third-order valence-electron chi connectivity index (χ3n) is 4.86. The zero-order chi connectivity index (χ0) is 19.6. The molecule has 0 aliphatic carbocycles. The normalized spacial score (nSPS) is 15.7. The lowest BCUT2D eigenvalue weighted by atomic mass is 10.1. The Bertz CT molecular complexity index is 879. The molecule has 1 aromatic carbocycles. The van der Waals surface area contributed by atoms with Crippen molar-refractivity contribution in [3.8, 4) is 0 Å². The number of rotatable bonds is 6. The number of benzene rings is 1. The van der Waals surface area contributed by atoms with Gasteiger partial charge in [0.1, 0.15) is 0 Å². The summed E-state index contributed by atoms with van der Waals surface area (Å²) in [5.74, 6) is -0.208. The van der Waals surface area contributed by atoms with Crippen molar-refractivity contribution in [2.75, 3.05) is 12.1 Å². The molecular formula is C21H26N2O3Si. The molecule has 0 spiro atoms. The maximum absolute atomic E-state index is 13.2. The van der Waals surface area contributed by atoms with Gasteiger partial charge < -0.3 is 4.74 Å². The molecule has 142 valence electrons. The van der Waals surface area contributed by atoms with E-state index in [4.69, 9.17) is 4.74 Å². The molecule has 5 nitrogen and oxygen atoms in total. The number of methoxy groups -OCH3 is 1. The third kappa shape index (κ3) is 3.76. The molecule has 0 unspecified atom stereocenters. The Kier molecular flexibility index (Phi) is 5.37. The summed E-state index contributed by atoms with van der Waals surface area (Å²) < 4.78 is 6.63. The summed E-state index contributed by atoms with van der Waals surface area (Å²) in [4.78, 5) is 24.7. The molecule has 0 saturated carbocycles. The van der Waals surface area contributed by atoms with Gasteiger partial charge in [0, 0.05) is 24.4 Å². The fourth-order valence-corrected chi connectivity index (χ4v) is 5.41. The van der Waals surface area contributed by atoms with Gasteiger partial charge in [-0.25, -0.2) is 5.01 Å². The number of hydrogen-bond acceptors (Lipinski definition) is 3. The number of esters is 1. The van der Waals surface area contributed by atoms with Crippen LogP contribution in [0.3, 0.4) is 0 Å². The van der Waals surface area contributed by atoms with E-state index in [9.17, 15) is 9.59 Å². The molecule has 0 atom stereocenters. The SMILES string of the molecule is COC(=O)CCC/C(=C1/c2ccccc2C(=O)N1n1cccc1)[Si](C)(C)C. The number of carbonyl (C=O) groups is 2. The Hall–Kier alpha value is -2.60. The van der Waals surface area contributed by atoms with Crippen molar-refractivity contribution in [1.82, 2.24) is 4.68 Å². The van der Waals surface area contributed by atoms with Crippen LogP contribution < -0.4 is 5.01 Å². The largest absolute Gasteiger partial charge is 0.469 e. The number of hydrogen-bond donors (Lipinski definition) is 0. The molecule has 2 aromatic rings. The molecule has 1 amide bonds. The third-order valence-corrected chi connectivity index (χ3v) is 7.16. The van der Waals surface area contributed by atoms with E-state index in [0.717, 1.165) is 23.2 Å². The Morgan fingerprint density at radius 3 is 2.22 bits per heavy atom. The molecule has 1 aromatic heterocycles. The number of carbonyl (C=O) groups excluding carboxylic acids is 2. The Morgan fingerprint density at radius 2 is 1.63 bits per heavy atom. The van der Waals surface area contributed by atoms with Crippen LogP contribution in [0.1, 0.15) is 35.2 Å². The first-order chi connectivity index (χ1) is 12.8. The van der Waals surface area contributed by atoms with Crippen molar-refractivity contribution in [1.29, 1.82) is 0 Å². The first-order valence-corrected chi connectivity index (χ1v) is 12.7. The van der Waals surface area contributed by atoms with Gasteiger partial charge >= 0.3 is 5.97 Å². The summed E-state index contributed by atoms with van der Waals surface area (Å²) in [6.07, 6.45) is 5.65. The molecule has 0 bridgehead atoms. The van der Waals surface area contributed by atoms with Crippen LogP contribution in [-0.4, -0.2) is 31.7 Å². The highest BCUT2D eigenvalue weighted by Gasteiger charge is 2.38. The highest BCUT2D eigenvalue weighted by atomic mass is 28.3. The molecule has 2 heterocycles. The van der Waals surface area contributed by atoms with Crippen molar-refractivity contribution in [2.45, 2.75) is 38.9 Å². The van der Waals surface area contributed by atoms with Crippen LogP contribution in [0, 0.1) is 0 Å². The van der Waals surface area contributed by atoms with Gasteiger partial charge in [0.25, 0.3) is 5.91 Å². The molecule has 0 fully saturated rings. The minimum absolute atomic E-state index is 0.0134. The monoisotopic (exact) mass is 382 g/mol. The molecule has 0 radical (unpaired) electrons. The van der Waals surface area contributed by atoms with Gasteiger partial charge in [-0.2, -0.15) is 0 Å². The maximum Gasteiger partial charge on any atom is 0.305 e. The van der Waals surface area contributed by atoms with Crippen molar-refractivity contribution in [3.63, 3.8) is 0 Å². The molecule has 6 heteroatoms. The second kappa shape index (κ2) is 7.56. The molecule has 27 heavy (non-hydrogen) atoms. The number of allylic oxidation sites excluding steroid dienone is 1.